The first-order valence-corrected chi connectivity index (χ1v) is 10.4. The number of rotatable bonds is 5. The highest BCUT2D eigenvalue weighted by Crippen LogP contribution is 2.17. The van der Waals surface area contributed by atoms with Gasteiger partial charge in [0, 0.05) is 17.7 Å². The zero-order chi connectivity index (χ0) is 21.2. The van der Waals surface area contributed by atoms with E-state index in [-0.39, 0.29) is 10.5 Å². The Morgan fingerprint density at radius 1 is 1.03 bits per heavy atom. The summed E-state index contributed by atoms with van der Waals surface area (Å²) in [6, 6.07) is 10.6. The molecule has 2 amide bonds. The molecule has 0 atom stereocenters. The van der Waals surface area contributed by atoms with Crippen LogP contribution in [0, 0.1) is 6.92 Å². The van der Waals surface area contributed by atoms with Gasteiger partial charge in [0.2, 0.25) is 10.0 Å². The fourth-order valence-electron chi connectivity index (χ4n) is 2.97. The first kappa shape index (κ1) is 20.5. The summed E-state index contributed by atoms with van der Waals surface area (Å²) in [4.78, 5) is 29.1. The van der Waals surface area contributed by atoms with Gasteiger partial charge in [-0.3, -0.25) is 20.4 Å². The maximum atomic E-state index is 12.4. The van der Waals surface area contributed by atoms with E-state index in [0.29, 0.717) is 11.1 Å². The van der Waals surface area contributed by atoms with Gasteiger partial charge in [-0.05, 0) is 57.3 Å². The molecule has 0 fully saturated rings. The third-order valence-corrected chi connectivity index (χ3v) is 5.89. The van der Waals surface area contributed by atoms with Crippen molar-refractivity contribution in [3.05, 3.63) is 59.4 Å². The van der Waals surface area contributed by atoms with Crippen molar-refractivity contribution in [3.63, 3.8) is 0 Å². The smallest absolute Gasteiger partial charge is 0.269 e. The quantitative estimate of drug-likeness (QED) is 0.543. The lowest BCUT2D eigenvalue weighted by molar-refractivity contribution is 0.0846. The largest absolute Gasteiger partial charge is 0.329 e. The second-order valence-electron chi connectivity index (χ2n) is 6.25. The molecule has 0 radical (unpaired) electrons. The van der Waals surface area contributed by atoms with Gasteiger partial charge in [-0.1, -0.05) is 6.07 Å². The highest BCUT2D eigenvalue weighted by molar-refractivity contribution is 7.89. The zero-order valence-electron chi connectivity index (χ0n) is 16.2. The standard InChI is InChI=1S/C19H21N5O4S/c1-4-24-12(2)21-16-11-14(8-9-17(16)24)19(26)23-22-18(25)13-6-5-7-15(10-13)29(27,28)20-3/h5-11,20H,4H2,1-3H3,(H,22,25)(H,23,26). The number of hydrazine groups is 1. The second kappa shape index (κ2) is 8.02. The summed E-state index contributed by atoms with van der Waals surface area (Å²) in [7, 11) is -2.40. The Labute approximate surface area is 168 Å². The minimum Gasteiger partial charge on any atom is -0.329 e. The molecule has 0 aliphatic carbocycles. The predicted molar refractivity (Wildman–Crippen MR) is 108 cm³/mol. The number of aryl methyl sites for hydroxylation is 2. The highest BCUT2D eigenvalue weighted by Gasteiger charge is 2.16. The Kier molecular flexibility index (Phi) is 5.66. The van der Waals surface area contributed by atoms with Crippen molar-refractivity contribution in [2.75, 3.05) is 7.05 Å². The van der Waals surface area contributed by atoms with E-state index < -0.39 is 21.8 Å². The molecule has 0 unspecified atom stereocenters. The molecule has 0 aliphatic rings. The van der Waals surface area contributed by atoms with E-state index in [2.05, 4.69) is 20.6 Å². The van der Waals surface area contributed by atoms with E-state index in [0.717, 1.165) is 17.9 Å². The van der Waals surface area contributed by atoms with Crippen LogP contribution in [0.2, 0.25) is 0 Å². The Bertz CT molecular complexity index is 1200. The van der Waals surface area contributed by atoms with Gasteiger partial charge in [0.05, 0.1) is 15.9 Å². The van der Waals surface area contributed by atoms with Gasteiger partial charge in [0.1, 0.15) is 5.82 Å². The molecule has 0 bridgehead atoms. The van der Waals surface area contributed by atoms with E-state index in [1.165, 1.54) is 31.3 Å². The predicted octanol–water partition coefficient (Wildman–Crippen LogP) is 1.35. The number of sulfonamides is 1. The third kappa shape index (κ3) is 4.13. The summed E-state index contributed by atoms with van der Waals surface area (Å²) in [5.74, 6) is -0.300. The molecule has 2 aromatic carbocycles. The molecule has 152 valence electrons. The van der Waals surface area contributed by atoms with Crippen LogP contribution < -0.4 is 15.6 Å². The van der Waals surface area contributed by atoms with Crippen LogP contribution in [0.3, 0.4) is 0 Å². The van der Waals surface area contributed by atoms with Crippen molar-refractivity contribution in [3.8, 4) is 0 Å². The number of fused-ring (bicyclic) bond motifs is 1. The molecule has 29 heavy (non-hydrogen) atoms. The lowest BCUT2D eigenvalue weighted by Gasteiger charge is -2.09. The molecule has 3 rings (SSSR count). The average molecular weight is 415 g/mol. The summed E-state index contributed by atoms with van der Waals surface area (Å²) >= 11 is 0. The molecule has 1 aromatic heterocycles. The van der Waals surface area contributed by atoms with Gasteiger partial charge >= 0.3 is 0 Å². The number of benzene rings is 2. The van der Waals surface area contributed by atoms with Crippen LogP contribution in [-0.4, -0.2) is 36.8 Å². The monoisotopic (exact) mass is 415 g/mol. The van der Waals surface area contributed by atoms with Crippen LogP contribution in [0.1, 0.15) is 33.5 Å². The Morgan fingerprint density at radius 3 is 2.31 bits per heavy atom. The van der Waals surface area contributed by atoms with Gasteiger partial charge in [0.25, 0.3) is 11.8 Å². The van der Waals surface area contributed by atoms with Crippen LogP contribution in [0.4, 0.5) is 0 Å². The molecule has 10 heteroatoms. The molecular formula is C19H21N5O4S. The Morgan fingerprint density at radius 2 is 1.69 bits per heavy atom. The summed E-state index contributed by atoms with van der Waals surface area (Å²) in [6.07, 6.45) is 0. The number of aromatic nitrogens is 2. The minimum absolute atomic E-state index is 0.0497. The van der Waals surface area contributed by atoms with Crippen LogP contribution in [0.5, 0.6) is 0 Å². The molecule has 9 nitrogen and oxygen atoms in total. The number of hydrogen-bond donors (Lipinski definition) is 3. The number of carbonyl (C=O) groups excluding carboxylic acids is 2. The van der Waals surface area contributed by atoms with Gasteiger partial charge < -0.3 is 4.57 Å². The summed E-state index contributed by atoms with van der Waals surface area (Å²) in [5, 5.41) is 0. The molecule has 0 aliphatic heterocycles. The molecule has 3 aromatic rings. The number of carbonyl (C=O) groups is 2. The topological polar surface area (TPSA) is 122 Å². The molecule has 1 heterocycles. The number of nitrogens with zero attached hydrogens (tertiary/aromatic N) is 2. The maximum Gasteiger partial charge on any atom is 0.269 e. The van der Waals surface area contributed by atoms with Gasteiger partial charge in [0.15, 0.2) is 0 Å². The fraction of sp³-hybridized carbons (Fsp3) is 0.211. The summed E-state index contributed by atoms with van der Waals surface area (Å²) in [6.45, 7) is 4.68. The van der Waals surface area contributed by atoms with Crippen LogP contribution in [-0.2, 0) is 16.6 Å². The van der Waals surface area contributed by atoms with Crippen molar-refractivity contribution in [1.29, 1.82) is 0 Å². The highest BCUT2D eigenvalue weighted by atomic mass is 32.2. The zero-order valence-corrected chi connectivity index (χ0v) is 17.0. The minimum atomic E-state index is -3.68. The number of amides is 2. The number of imidazole rings is 1. The van der Waals surface area contributed by atoms with E-state index in [1.807, 2.05) is 24.5 Å². The van der Waals surface area contributed by atoms with Gasteiger partial charge in [-0.25, -0.2) is 18.1 Å². The third-order valence-electron chi connectivity index (χ3n) is 4.48. The van der Waals surface area contributed by atoms with Crippen molar-refractivity contribution in [1.82, 2.24) is 25.1 Å². The normalized spacial score (nSPS) is 11.4. The molecule has 0 saturated carbocycles. The second-order valence-corrected chi connectivity index (χ2v) is 8.14. The SMILES string of the molecule is CCn1c(C)nc2cc(C(=O)NNC(=O)c3cccc(S(=O)(=O)NC)c3)ccc21. The van der Waals surface area contributed by atoms with Gasteiger partial charge in [-0.15, -0.1) is 0 Å². The van der Waals surface area contributed by atoms with E-state index in [1.54, 1.807) is 12.1 Å². The number of hydrogen-bond acceptors (Lipinski definition) is 5. The maximum absolute atomic E-state index is 12.4. The van der Waals surface area contributed by atoms with Crippen molar-refractivity contribution < 1.29 is 18.0 Å². The fourth-order valence-corrected chi connectivity index (χ4v) is 3.75. The van der Waals surface area contributed by atoms with Crippen LogP contribution in [0.25, 0.3) is 11.0 Å². The Balaban J connectivity index is 1.73. The van der Waals surface area contributed by atoms with Crippen LogP contribution >= 0.6 is 0 Å². The van der Waals surface area contributed by atoms with E-state index >= 15 is 0 Å². The first-order chi connectivity index (χ1) is 13.8. The van der Waals surface area contributed by atoms with Crippen molar-refractivity contribution >= 4 is 32.9 Å². The van der Waals surface area contributed by atoms with E-state index in [4.69, 9.17) is 0 Å². The molecule has 0 saturated heterocycles. The van der Waals surface area contributed by atoms with Gasteiger partial charge in [-0.2, -0.15) is 0 Å². The van der Waals surface area contributed by atoms with Crippen molar-refractivity contribution in [2.45, 2.75) is 25.3 Å². The first-order valence-electron chi connectivity index (χ1n) is 8.88. The summed E-state index contributed by atoms with van der Waals surface area (Å²) < 4.78 is 27.9. The average Bonchev–Trinajstić information content (AvgIpc) is 3.05. The lowest BCUT2D eigenvalue weighted by Crippen LogP contribution is -2.41. The molecule has 0 spiro atoms. The molecular weight excluding hydrogens is 394 g/mol. The van der Waals surface area contributed by atoms with Crippen molar-refractivity contribution in [2.24, 2.45) is 0 Å². The van der Waals surface area contributed by atoms with E-state index in [9.17, 15) is 18.0 Å². The Hall–Kier alpha value is -3.24. The van der Waals surface area contributed by atoms with Crippen LogP contribution in [0.15, 0.2) is 47.4 Å². The number of nitrogens with one attached hydrogen (secondary N) is 3. The lowest BCUT2D eigenvalue weighted by atomic mass is 10.2. The summed E-state index contributed by atoms with van der Waals surface area (Å²) in [5.41, 5.74) is 6.66. The molecule has 3 N–H and O–H groups in total.